The largest absolute Gasteiger partial charge is 0.355 e. The Balaban J connectivity index is 0.00000300. The zero-order valence-electron chi connectivity index (χ0n) is 16.5. The molecule has 3 amide bonds. The van der Waals surface area contributed by atoms with Crippen LogP contribution < -0.4 is 16.0 Å². The summed E-state index contributed by atoms with van der Waals surface area (Å²) in [6, 6.07) is 8.03. The summed E-state index contributed by atoms with van der Waals surface area (Å²) in [7, 11) is 1.72. The van der Waals surface area contributed by atoms with Crippen LogP contribution in [-0.2, 0) is 11.3 Å². The van der Waals surface area contributed by atoms with E-state index in [4.69, 9.17) is 11.6 Å². The van der Waals surface area contributed by atoms with Gasteiger partial charge in [-0.05, 0) is 30.5 Å². The molecule has 2 aliphatic heterocycles. The Bertz CT molecular complexity index is 706. The average Bonchev–Trinajstić information content (AvgIpc) is 3.02. The number of carbonyl (C=O) groups is 2. The maximum atomic E-state index is 11.6. The number of hydrogen-bond acceptors (Lipinski definition) is 4. The van der Waals surface area contributed by atoms with Crippen molar-refractivity contribution in [2.45, 2.75) is 25.4 Å². The third-order valence-electron chi connectivity index (χ3n) is 5.04. The van der Waals surface area contributed by atoms with Gasteiger partial charge in [0.15, 0.2) is 5.96 Å². The Morgan fingerprint density at radius 3 is 2.52 bits per heavy atom. The molecule has 0 saturated carbocycles. The lowest BCUT2D eigenvalue weighted by molar-refractivity contribution is -0.124. The number of nitrogens with zero attached hydrogens (tertiary/aromatic N) is 3. The van der Waals surface area contributed by atoms with Gasteiger partial charge in [0.2, 0.25) is 5.91 Å². The summed E-state index contributed by atoms with van der Waals surface area (Å²) in [5.41, 5.74) is 1.27. The first-order chi connectivity index (χ1) is 13.5. The van der Waals surface area contributed by atoms with Gasteiger partial charge >= 0.3 is 6.03 Å². The van der Waals surface area contributed by atoms with Crippen molar-refractivity contribution in [3.05, 3.63) is 34.9 Å². The average molecular weight is 535 g/mol. The van der Waals surface area contributed by atoms with Crippen LogP contribution >= 0.6 is 35.6 Å². The number of hydrogen-bond donors (Lipinski definition) is 3. The Morgan fingerprint density at radius 2 is 1.93 bits per heavy atom. The smallest absolute Gasteiger partial charge is 0.324 e. The lowest BCUT2D eigenvalue weighted by Gasteiger charge is -2.33. The van der Waals surface area contributed by atoms with E-state index in [1.165, 1.54) is 10.5 Å². The van der Waals surface area contributed by atoms with Crippen LogP contribution in [0.5, 0.6) is 0 Å². The van der Waals surface area contributed by atoms with Crippen molar-refractivity contribution >= 4 is 53.5 Å². The highest BCUT2D eigenvalue weighted by molar-refractivity contribution is 14.0. The molecule has 10 heteroatoms. The third kappa shape index (κ3) is 7.00. The van der Waals surface area contributed by atoms with Gasteiger partial charge in [0.25, 0.3) is 0 Å². The SMILES string of the molecule is CN=C(NCCN1C(=O)CNC1=O)NC1CCN(Cc2ccc(Cl)cc2)CC1.I. The van der Waals surface area contributed by atoms with E-state index < -0.39 is 0 Å². The van der Waals surface area contributed by atoms with Crippen LogP contribution in [0, 0.1) is 0 Å². The molecule has 1 aromatic rings. The molecule has 29 heavy (non-hydrogen) atoms. The van der Waals surface area contributed by atoms with E-state index in [2.05, 4.69) is 38.0 Å². The summed E-state index contributed by atoms with van der Waals surface area (Å²) in [6.45, 7) is 3.84. The number of likely N-dealkylation sites (tertiary alicyclic amines) is 1. The summed E-state index contributed by atoms with van der Waals surface area (Å²) in [5.74, 6) is 0.506. The number of halogens is 2. The van der Waals surface area contributed by atoms with E-state index in [9.17, 15) is 9.59 Å². The molecule has 160 valence electrons. The minimum atomic E-state index is -0.331. The highest BCUT2D eigenvalue weighted by Gasteiger charge is 2.27. The van der Waals surface area contributed by atoms with Gasteiger partial charge in [-0.3, -0.25) is 19.6 Å². The number of nitrogens with one attached hydrogen (secondary N) is 3. The molecule has 2 fully saturated rings. The van der Waals surface area contributed by atoms with Crippen LogP contribution in [0.1, 0.15) is 18.4 Å². The van der Waals surface area contributed by atoms with Gasteiger partial charge in [0, 0.05) is 50.8 Å². The Morgan fingerprint density at radius 1 is 1.24 bits per heavy atom. The molecule has 2 aliphatic rings. The second-order valence-electron chi connectivity index (χ2n) is 7.02. The summed E-state index contributed by atoms with van der Waals surface area (Å²) < 4.78 is 0. The molecule has 0 radical (unpaired) electrons. The maximum absolute atomic E-state index is 11.6. The number of aliphatic imine (C=N–C) groups is 1. The van der Waals surface area contributed by atoms with Crippen LogP contribution in [0.2, 0.25) is 5.02 Å². The zero-order valence-corrected chi connectivity index (χ0v) is 19.6. The van der Waals surface area contributed by atoms with Gasteiger partial charge in [0.05, 0.1) is 6.54 Å². The Kier molecular flexibility index (Phi) is 9.44. The number of rotatable bonds is 6. The van der Waals surface area contributed by atoms with Crippen molar-refractivity contribution in [1.82, 2.24) is 25.8 Å². The van der Waals surface area contributed by atoms with Crippen LogP contribution in [0.15, 0.2) is 29.3 Å². The fourth-order valence-corrected chi connectivity index (χ4v) is 3.57. The van der Waals surface area contributed by atoms with Gasteiger partial charge in [-0.2, -0.15) is 0 Å². The van der Waals surface area contributed by atoms with Crippen LogP contribution in [0.25, 0.3) is 0 Å². The fourth-order valence-electron chi connectivity index (χ4n) is 3.44. The molecular formula is C19H28ClIN6O2. The topological polar surface area (TPSA) is 89.1 Å². The molecular weight excluding hydrogens is 507 g/mol. The Hall–Kier alpha value is -1.59. The molecule has 0 aromatic heterocycles. The van der Waals surface area contributed by atoms with Crippen molar-refractivity contribution in [2.75, 3.05) is 39.8 Å². The summed E-state index contributed by atoms with van der Waals surface area (Å²) in [4.78, 5) is 31.0. The van der Waals surface area contributed by atoms with Crippen LogP contribution in [0.3, 0.4) is 0 Å². The minimum Gasteiger partial charge on any atom is -0.355 e. The van der Waals surface area contributed by atoms with Crippen LogP contribution in [0.4, 0.5) is 4.79 Å². The molecule has 2 heterocycles. The molecule has 3 rings (SSSR count). The quantitative estimate of drug-likeness (QED) is 0.224. The van der Waals surface area contributed by atoms with Crippen molar-refractivity contribution in [3.8, 4) is 0 Å². The molecule has 8 nitrogen and oxygen atoms in total. The molecule has 0 atom stereocenters. The van der Waals surface area contributed by atoms with Crippen LogP contribution in [-0.4, -0.2) is 73.5 Å². The zero-order chi connectivity index (χ0) is 19.9. The second kappa shape index (κ2) is 11.6. The number of amides is 3. The van der Waals surface area contributed by atoms with E-state index in [0.717, 1.165) is 37.5 Å². The fraction of sp³-hybridized carbons (Fsp3) is 0.526. The van der Waals surface area contributed by atoms with E-state index in [1.54, 1.807) is 7.05 Å². The number of guanidine groups is 1. The Labute approximate surface area is 193 Å². The van der Waals surface area contributed by atoms with Crippen molar-refractivity contribution in [1.29, 1.82) is 0 Å². The standard InChI is InChI=1S/C19H27ClN6O2.HI/c1-21-18(22-8-11-26-17(27)12-23-19(26)28)24-16-6-9-25(10-7-16)13-14-2-4-15(20)5-3-14;/h2-5,16H,6-13H2,1H3,(H,23,28)(H2,21,22,24);1H. The minimum absolute atomic E-state index is 0. The molecule has 0 aliphatic carbocycles. The van der Waals surface area contributed by atoms with E-state index in [-0.39, 0.29) is 42.5 Å². The van der Waals surface area contributed by atoms with Gasteiger partial charge in [-0.15, -0.1) is 24.0 Å². The summed E-state index contributed by atoms with van der Waals surface area (Å²) in [5, 5.41) is 9.89. The molecule has 0 unspecified atom stereocenters. The van der Waals surface area contributed by atoms with Crippen molar-refractivity contribution < 1.29 is 9.59 Å². The normalized spacial score (nSPS) is 18.4. The number of urea groups is 1. The summed E-state index contributed by atoms with van der Waals surface area (Å²) >= 11 is 5.94. The number of imide groups is 1. The number of carbonyl (C=O) groups excluding carboxylic acids is 2. The predicted molar refractivity (Wildman–Crippen MR) is 125 cm³/mol. The van der Waals surface area contributed by atoms with E-state index in [0.29, 0.717) is 25.1 Å². The molecule has 0 spiro atoms. The highest BCUT2D eigenvalue weighted by Crippen LogP contribution is 2.16. The van der Waals surface area contributed by atoms with E-state index in [1.807, 2.05) is 12.1 Å². The lowest BCUT2D eigenvalue weighted by Crippen LogP contribution is -2.49. The second-order valence-corrected chi connectivity index (χ2v) is 7.46. The van der Waals surface area contributed by atoms with Crippen molar-refractivity contribution in [2.24, 2.45) is 4.99 Å². The first-order valence-corrected chi connectivity index (χ1v) is 9.95. The van der Waals surface area contributed by atoms with Crippen molar-refractivity contribution in [3.63, 3.8) is 0 Å². The van der Waals surface area contributed by atoms with Gasteiger partial charge in [-0.1, -0.05) is 23.7 Å². The molecule has 3 N–H and O–H groups in total. The number of piperidine rings is 1. The van der Waals surface area contributed by atoms with Gasteiger partial charge in [-0.25, -0.2) is 4.79 Å². The molecule has 0 bridgehead atoms. The first kappa shape index (κ1) is 23.7. The molecule has 1 aromatic carbocycles. The van der Waals surface area contributed by atoms with Gasteiger partial charge in [0.1, 0.15) is 0 Å². The van der Waals surface area contributed by atoms with Gasteiger partial charge < -0.3 is 16.0 Å². The van der Waals surface area contributed by atoms with E-state index >= 15 is 0 Å². The highest BCUT2D eigenvalue weighted by atomic mass is 127. The first-order valence-electron chi connectivity index (χ1n) is 9.57. The molecule has 2 saturated heterocycles. The predicted octanol–water partition coefficient (Wildman–Crippen LogP) is 1.64. The number of benzene rings is 1. The lowest BCUT2D eigenvalue weighted by atomic mass is 10.0. The monoisotopic (exact) mass is 534 g/mol. The summed E-state index contributed by atoms with van der Waals surface area (Å²) in [6.07, 6.45) is 2.06. The third-order valence-corrected chi connectivity index (χ3v) is 5.29. The maximum Gasteiger partial charge on any atom is 0.324 e.